The number of nitrogens with zero attached hydrogens (tertiary/aromatic N) is 1. The molecular formula is C12H17NO2. The van der Waals surface area contributed by atoms with Crippen LogP contribution in [0.25, 0.3) is 0 Å². The zero-order valence-corrected chi connectivity index (χ0v) is 9.18. The number of likely N-dealkylation sites (N-methyl/N-ethyl adjacent to an activating group) is 1. The van der Waals surface area contributed by atoms with Crippen molar-refractivity contribution in [2.24, 2.45) is 0 Å². The Morgan fingerprint density at radius 2 is 2.07 bits per heavy atom. The molecule has 3 nitrogen and oxygen atoms in total. The number of hydrogen-bond donors (Lipinski definition) is 1. The van der Waals surface area contributed by atoms with E-state index in [4.69, 9.17) is 4.74 Å². The van der Waals surface area contributed by atoms with E-state index in [1.165, 1.54) is 0 Å². The highest BCUT2D eigenvalue weighted by Crippen LogP contribution is 2.31. The molecule has 0 bridgehead atoms. The van der Waals surface area contributed by atoms with E-state index in [9.17, 15) is 5.11 Å². The molecule has 1 saturated heterocycles. The summed E-state index contributed by atoms with van der Waals surface area (Å²) in [6, 6.07) is 9.53. The van der Waals surface area contributed by atoms with Gasteiger partial charge in [0.1, 0.15) is 0 Å². The minimum atomic E-state index is -1.17. The lowest BCUT2D eigenvalue weighted by molar-refractivity contribution is -0.271. The summed E-state index contributed by atoms with van der Waals surface area (Å²) >= 11 is 0. The van der Waals surface area contributed by atoms with E-state index in [1.807, 2.05) is 44.3 Å². The molecule has 0 aliphatic carbocycles. The molecule has 0 saturated carbocycles. The Bertz CT molecular complexity index is 328. The van der Waals surface area contributed by atoms with Crippen LogP contribution in [0.3, 0.4) is 0 Å². The lowest BCUT2D eigenvalue weighted by Gasteiger charge is -2.43. The molecule has 1 heterocycles. The summed E-state index contributed by atoms with van der Waals surface area (Å²) in [5.41, 5.74) is 0.823. The molecule has 1 aromatic rings. The molecule has 2 unspecified atom stereocenters. The van der Waals surface area contributed by atoms with E-state index in [-0.39, 0.29) is 6.04 Å². The minimum absolute atomic E-state index is 0.0337. The standard InChI is InChI=1S/C12H17NO2/c1-10-12(14,15-9-8-13(10)2)11-6-4-3-5-7-11/h3-7,10,14H,8-9H2,1-2H3. The highest BCUT2D eigenvalue weighted by atomic mass is 16.6. The Balaban J connectivity index is 2.32. The molecule has 15 heavy (non-hydrogen) atoms. The fourth-order valence-corrected chi connectivity index (χ4v) is 1.96. The molecule has 1 fully saturated rings. The summed E-state index contributed by atoms with van der Waals surface area (Å²) in [5, 5.41) is 10.5. The maximum atomic E-state index is 10.5. The second kappa shape index (κ2) is 3.93. The highest BCUT2D eigenvalue weighted by Gasteiger charge is 2.41. The van der Waals surface area contributed by atoms with Gasteiger partial charge in [-0.05, 0) is 14.0 Å². The van der Waals surface area contributed by atoms with Crippen molar-refractivity contribution >= 4 is 0 Å². The first-order valence-corrected chi connectivity index (χ1v) is 5.26. The fraction of sp³-hybridized carbons (Fsp3) is 0.500. The van der Waals surface area contributed by atoms with E-state index in [0.717, 1.165) is 12.1 Å². The first-order valence-electron chi connectivity index (χ1n) is 5.26. The van der Waals surface area contributed by atoms with Crippen LogP contribution in [0.1, 0.15) is 12.5 Å². The van der Waals surface area contributed by atoms with E-state index in [2.05, 4.69) is 4.90 Å². The maximum absolute atomic E-state index is 10.5. The van der Waals surface area contributed by atoms with Crippen LogP contribution in [0.2, 0.25) is 0 Å². The van der Waals surface area contributed by atoms with Crippen molar-refractivity contribution in [3.63, 3.8) is 0 Å². The van der Waals surface area contributed by atoms with Crippen LogP contribution < -0.4 is 0 Å². The first kappa shape index (κ1) is 10.6. The second-order valence-corrected chi connectivity index (χ2v) is 4.07. The summed E-state index contributed by atoms with van der Waals surface area (Å²) in [5.74, 6) is -1.17. The topological polar surface area (TPSA) is 32.7 Å². The zero-order chi connectivity index (χ0) is 10.9. The van der Waals surface area contributed by atoms with Gasteiger partial charge in [0.25, 0.3) is 0 Å². The number of aliphatic hydroxyl groups is 1. The maximum Gasteiger partial charge on any atom is 0.208 e. The van der Waals surface area contributed by atoms with Crippen molar-refractivity contribution in [2.45, 2.75) is 18.8 Å². The Hall–Kier alpha value is -0.900. The summed E-state index contributed by atoms with van der Waals surface area (Å²) < 4.78 is 5.55. The van der Waals surface area contributed by atoms with Gasteiger partial charge in [-0.25, -0.2) is 0 Å². The Morgan fingerprint density at radius 1 is 1.40 bits per heavy atom. The van der Waals surface area contributed by atoms with Gasteiger partial charge in [0.2, 0.25) is 5.79 Å². The first-order chi connectivity index (χ1) is 7.14. The summed E-state index contributed by atoms with van der Waals surface area (Å²) in [4.78, 5) is 2.11. The van der Waals surface area contributed by atoms with E-state index in [0.29, 0.717) is 6.61 Å². The third-order valence-corrected chi connectivity index (χ3v) is 3.18. The molecule has 2 atom stereocenters. The summed E-state index contributed by atoms with van der Waals surface area (Å²) in [7, 11) is 2.00. The molecule has 3 heteroatoms. The third-order valence-electron chi connectivity index (χ3n) is 3.18. The van der Waals surface area contributed by atoms with Gasteiger partial charge in [0, 0.05) is 12.1 Å². The molecular weight excluding hydrogens is 190 g/mol. The molecule has 0 radical (unpaired) electrons. The molecule has 1 aromatic carbocycles. The predicted octanol–water partition coefficient (Wildman–Crippen LogP) is 1.18. The van der Waals surface area contributed by atoms with Crippen LogP contribution in [0, 0.1) is 0 Å². The third kappa shape index (κ3) is 1.78. The number of benzene rings is 1. The largest absolute Gasteiger partial charge is 0.361 e. The lowest BCUT2D eigenvalue weighted by Crippen LogP contribution is -2.55. The van der Waals surface area contributed by atoms with Gasteiger partial charge in [-0.2, -0.15) is 0 Å². The van der Waals surface area contributed by atoms with Crippen LogP contribution in [-0.2, 0) is 10.5 Å². The van der Waals surface area contributed by atoms with Crippen molar-refractivity contribution in [3.8, 4) is 0 Å². The van der Waals surface area contributed by atoms with E-state index >= 15 is 0 Å². The molecule has 82 valence electrons. The van der Waals surface area contributed by atoms with Crippen LogP contribution in [-0.4, -0.2) is 36.2 Å². The summed E-state index contributed by atoms with van der Waals surface area (Å²) in [6.45, 7) is 3.40. The van der Waals surface area contributed by atoms with Gasteiger partial charge < -0.3 is 9.84 Å². The molecule has 0 spiro atoms. The van der Waals surface area contributed by atoms with E-state index < -0.39 is 5.79 Å². The molecule has 0 aromatic heterocycles. The van der Waals surface area contributed by atoms with Crippen molar-refractivity contribution in [1.82, 2.24) is 4.90 Å². The fourth-order valence-electron chi connectivity index (χ4n) is 1.96. The monoisotopic (exact) mass is 207 g/mol. The van der Waals surface area contributed by atoms with Gasteiger partial charge in [0.05, 0.1) is 12.6 Å². The van der Waals surface area contributed by atoms with Gasteiger partial charge in [0.15, 0.2) is 0 Å². The lowest BCUT2D eigenvalue weighted by atomic mass is 9.97. The quantitative estimate of drug-likeness (QED) is 0.750. The number of hydrogen-bond acceptors (Lipinski definition) is 3. The SMILES string of the molecule is CC1N(C)CCOC1(O)c1ccccc1. The normalized spacial score (nSPS) is 32.9. The van der Waals surface area contributed by atoms with Gasteiger partial charge in [-0.3, -0.25) is 4.90 Å². The average Bonchev–Trinajstić information content (AvgIpc) is 2.27. The van der Waals surface area contributed by atoms with E-state index in [1.54, 1.807) is 0 Å². The Morgan fingerprint density at radius 3 is 2.73 bits per heavy atom. The van der Waals surface area contributed by atoms with Crippen LogP contribution in [0.15, 0.2) is 30.3 Å². The molecule has 1 aliphatic heterocycles. The molecule has 1 aliphatic rings. The van der Waals surface area contributed by atoms with Crippen molar-refractivity contribution in [2.75, 3.05) is 20.2 Å². The average molecular weight is 207 g/mol. The minimum Gasteiger partial charge on any atom is -0.361 e. The van der Waals surface area contributed by atoms with Crippen LogP contribution >= 0.6 is 0 Å². The Kier molecular flexibility index (Phi) is 2.78. The zero-order valence-electron chi connectivity index (χ0n) is 9.18. The van der Waals surface area contributed by atoms with Crippen molar-refractivity contribution < 1.29 is 9.84 Å². The number of morpholine rings is 1. The molecule has 1 N–H and O–H groups in total. The van der Waals surface area contributed by atoms with Crippen LogP contribution in [0.4, 0.5) is 0 Å². The second-order valence-electron chi connectivity index (χ2n) is 4.07. The number of ether oxygens (including phenoxy) is 1. The van der Waals surface area contributed by atoms with Gasteiger partial charge >= 0.3 is 0 Å². The highest BCUT2D eigenvalue weighted by molar-refractivity contribution is 5.22. The van der Waals surface area contributed by atoms with Crippen molar-refractivity contribution in [1.29, 1.82) is 0 Å². The van der Waals surface area contributed by atoms with Crippen molar-refractivity contribution in [3.05, 3.63) is 35.9 Å². The number of rotatable bonds is 1. The van der Waals surface area contributed by atoms with Crippen LogP contribution in [0.5, 0.6) is 0 Å². The smallest absolute Gasteiger partial charge is 0.208 e. The summed E-state index contributed by atoms with van der Waals surface area (Å²) in [6.07, 6.45) is 0. The Labute approximate surface area is 90.3 Å². The van der Waals surface area contributed by atoms with Gasteiger partial charge in [-0.15, -0.1) is 0 Å². The van der Waals surface area contributed by atoms with Gasteiger partial charge in [-0.1, -0.05) is 30.3 Å². The predicted molar refractivity (Wildman–Crippen MR) is 58.4 cm³/mol. The molecule has 0 amide bonds. The molecule has 2 rings (SSSR count).